The number of carbonyl (C=O) groups excluding carboxylic acids is 4. The third-order valence-corrected chi connectivity index (χ3v) is 4.16. The molecule has 0 aliphatic heterocycles. The molecule has 0 saturated carbocycles. The summed E-state index contributed by atoms with van der Waals surface area (Å²) in [6, 6.07) is 6.42. The van der Waals surface area contributed by atoms with Gasteiger partial charge < -0.3 is 20.3 Å². The molecule has 0 aromatic heterocycles. The van der Waals surface area contributed by atoms with Gasteiger partial charge in [-0.05, 0) is 37.5 Å². The zero-order valence-electron chi connectivity index (χ0n) is 17.5. The lowest BCUT2D eigenvalue weighted by Crippen LogP contribution is -2.32. The lowest BCUT2D eigenvalue weighted by Gasteiger charge is -2.21. The van der Waals surface area contributed by atoms with Crippen molar-refractivity contribution < 1.29 is 23.9 Å². The van der Waals surface area contributed by atoms with E-state index in [2.05, 4.69) is 15.4 Å². The van der Waals surface area contributed by atoms with E-state index in [9.17, 15) is 19.2 Å². The van der Waals surface area contributed by atoms with E-state index in [0.717, 1.165) is 25.9 Å². The Hall–Kier alpha value is -2.90. The van der Waals surface area contributed by atoms with Crippen molar-refractivity contribution >= 4 is 29.4 Å². The molecule has 0 fully saturated rings. The summed E-state index contributed by atoms with van der Waals surface area (Å²) in [6.45, 7) is 5.32. The highest BCUT2D eigenvalue weighted by Crippen LogP contribution is 2.12. The van der Waals surface area contributed by atoms with Crippen LogP contribution in [0.15, 0.2) is 24.3 Å². The minimum Gasteiger partial charge on any atom is -0.468 e. The number of esters is 1. The van der Waals surface area contributed by atoms with Crippen molar-refractivity contribution in [3.05, 3.63) is 29.8 Å². The largest absolute Gasteiger partial charge is 0.468 e. The summed E-state index contributed by atoms with van der Waals surface area (Å²) in [5.74, 6) is -1.13. The zero-order valence-corrected chi connectivity index (χ0v) is 17.5. The topological polar surface area (TPSA) is 105 Å². The Morgan fingerprint density at radius 2 is 1.72 bits per heavy atom. The number of hydrogen-bond donors (Lipinski definition) is 2. The molecule has 0 heterocycles. The second kappa shape index (κ2) is 13.3. The fourth-order valence-electron chi connectivity index (χ4n) is 2.75. The first-order valence-electron chi connectivity index (χ1n) is 9.93. The predicted molar refractivity (Wildman–Crippen MR) is 110 cm³/mol. The number of amides is 3. The molecule has 1 rings (SSSR count). The van der Waals surface area contributed by atoms with Crippen LogP contribution in [-0.4, -0.2) is 55.3 Å². The van der Waals surface area contributed by atoms with E-state index >= 15 is 0 Å². The van der Waals surface area contributed by atoms with Crippen LogP contribution in [0.3, 0.4) is 0 Å². The maximum Gasteiger partial charge on any atom is 0.325 e. The molecule has 2 N–H and O–H groups in total. The summed E-state index contributed by atoms with van der Waals surface area (Å²) in [4.78, 5) is 49.4. The Morgan fingerprint density at radius 3 is 2.34 bits per heavy atom. The van der Waals surface area contributed by atoms with Gasteiger partial charge in [-0.2, -0.15) is 0 Å². The first kappa shape index (κ1) is 24.1. The summed E-state index contributed by atoms with van der Waals surface area (Å²) < 4.78 is 4.47. The molecular formula is C21H31N3O5. The Bertz CT molecular complexity index is 699. The number of ether oxygens (including phenoxy) is 1. The van der Waals surface area contributed by atoms with E-state index in [1.165, 1.54) is 13.2 Å². The smallest absolute Gasteiger partial charge is 0.325 e. The number of nitrogens with zero attached hydrogens (tertiary/aromatic N) is 1. The monoisotopic (exact) mass is 405 g/mol. The lowest BCUT2D eigenvalue weighted by molar-refractivity contribution is -0.139. The molecular weight excluding hydrogens is 374 g/mol. The van der Waals surface area contributed by atoms with Crippen LogP contribution in [0.5, 0.6) is 0 Å². The molecule has 160 valence electrons. The minimum atomic E-state index is -0.547. The summed E-state index contributed by atoms with van der Waals surface area (Å²) >= 11 is 0. The van der Waals surface area contributed by atoms with Crippen molar-refractivity contribution in [2.24, 2.45) is 0 Å². The predicted octanol–water partition coefficient (Wildman–Crippen LogP) is 2.35. The van der Waals surface area contributed by atoms with Gasteiger partial charge in [0.1, 0.15) is 6.54 Å². The van der Waals surface area contributed by atoms with Crippen LogP contribution in [-0.2, 0) is 19.1 Å². The van der Waals surface area contributed by atoms with Crippen molar-refractivity contribution in [1.82, 2.24) is 10.2 Å². The van der Waals surface area contributed by atoms with Gasteiger partial charge in [-0.3, -0.25) is 19.2 Å². The third kappa shape index (κ3) is 9.23. The van der Waals surface area contributed by atoms with Crippen LogP contribution in [0.2, 0.25) is 0 Å². The Morgan fingerprint density at radius 1 is 1.03 bits per heavy atom. The number of methoxy groups -OCH3 is 1. The van der Waals surface area contributed by atoms with Gasteiger partial charge in [0.15, 0.2) is 0 Å². The molecule has 3 amide bonds. The summed E-state index contributed by atoms with van der Waals surface area (Å²) in [6.07, 6.45) is 2.85. The number of carbonyl (C=O) groups is 4. The molecule has 0 unspecified atom stereocenters. The van der Waals surface area contributed by atoms with Gasteiger partial charge in [-0.1, -0.05) is 19.9 Å². The minimum absolute atomic E-state index is 0.0748. The van der Waals surface area contributed by atoms with Crippen LogP contribution in [0.25, 0.3) is 0 Å². The molecule has 0 saturated heterocycles. The van der Waals surface area contributed by atoms with Crippen LogP contribution >= 0.6 is 0 Å². The molecule has 0 aliphatic carbocycles. The van der Waals surface area contributed by atoms with Gasteiger partial charge >= 0.3 is 5.97 Å². The van der Waals surface area contributed by atoms with Gasteiger partial charge in [-0.25, -0.2) is 0 Å². The van der Waals surface area contributed by atoms with Gasteiger partial charge in [0, 0.05) is 37.2 Å². The van der Waals surface area contributed by atoms with E-state index in [4.69, 9.17) is 0 Å². The van der Waals surface area contributed by atoms with Gasteiger partial charge in [0.25, 0.3) is 5.91 Å². The van der Waals surface area contributed by atoms with Crippen molar-refractivity contribution in [3.8, 4) is 0 Å². The molecule has 29 heavy (non-hydrogen) atoms. The quantitative estimate of drug-likeness (QED) is 0.520. The maximum atomic E-state index is 12.2. The molecule has 0 aliphatic rings. The fourth-order valence-corrected chi connectivity index (χ4v) is 2.75. The van der Waals surface area contributed by atoms with Gasteiger partial charge in [-0.15, -0.1) is 0 Å². The van der Waals surface area contributed by atoms with Crippen LogP contribution in [0.1, 0.15) is 56.3 Å². The Balaban J connectivity index is 2.49. The second-order valence-electron chi connectivity index (χ2n) is 6.62. The Labute approximate surface area is 172 Å². The average molecular weight is 405 g/mol. The highest BCUT2D eigenvalue weighted by molar-refractivity contribution is 5.98. The number of rotatable bonds is 12. The molecule has 1 aromatic rings. The first-order valence-corrected chi connectivity index (χ1v) is 9.93. The summed E-state index contributed by atoms with van der Waals surface area (Å²) in [7, 11) is 1.24. The van der Waals surface area contributed by atoms with Gasteiger partial charge in [0.2, 0.25) is 11.8 Å². The average Bonchev–Trinajstić information content (AvgIpc) is 2.71. The van der Waals surface area contributed by atoms with E-state index in [-0.39, 0.29) is 24.8 Å². The van der Waals surface area contributed by atoms with Crippen LogP contribution < -0.4 is 10.6 Å². The van der Waals surface area contributed by atoms with E-state index in [1.54, 1.807) is 18.2 Å². The van der Waals surface area contributed by atoms with Crippen molar-refractivity contribution in [2.45, 2.75) is 46.0 Å². The third-order valence-electron chi connectivity index (χ3n) is 4.16. The highest BCUT2D eigenvalue weighted by Gasteiger charge is 2.13. The lowest BCUT2D eigenvalue weighted by atomic mass is 10.1. The maximum absolute atomic E-state index is 12.2. The number of nitrogens with one attached hydrogen (secondary N) is 2. The molecule has 0 bridgehead atoms. The number of hydrogen-bond acceptors (Lipinski definition) is 5. The highest BCUT2D eigenvalue weighted by atomic mass is 16.5. The first-order chi connectivity index (χ1) is 13.9. The fraction of sp³-hybridized carbons (Fsp3) is 0.524. The molecule has 0 radical (unpaired) electrons. The summed E-state index contributed by atoms with van der Waals surface area (Å²) in [5.41, 5.74) is 0.794. The molecule has 1 aromatic carbocycles. The van der Waals surface area contributed by atoms with Gasteiger partial charge in [0.05, 0.1) is 7.11 Å². The zero-order chi connectivity index (χ0) is 21.6. The molecule has 8 nitrogen and oxygen atoms in total. The Kier molecular flexibility index (Phi) is 11.1. The number of benzene rings is 1. The van der Waals surface area contributed by atoms with E-state index in [0.29, 0.717) is 24.1 Å². The normalized spacial score (nSPS) is 10.2. The molecule has 0 atom stereocenters. The second-order valence-corrected chi connectivity index (χ2v) is 6.62. The summed E-state index contributed by atoms with van der Waals surface area (Å²) in [5, 5.41) is 5.17. The van der Waals surface area contributed by atoms with Crippen molar-refractivity contribution in [3.63, 3.8) is 0 Å². The SMILES string of the molecule is CCCN(CCC)C(=O)CCCC(=O)Nc1cccc(C(=O)NCC(=O)OC)c1. The molecule has 8 heteroatoms. The van der Waals surface area contributed by atoms with Crippen molar-refractivity contribution in [1.29, 1.82) is 0 Å². The standard InChI is InChI=1S/C21H31N3O5/c1-4-12-24(13-5-2)19(26)11-7-10-18(25)23-17-9-6-8-16(14-17)21(28)22-15-20(27)29-3/h6,8-9,14H,4-5,7,10-13,15H2,1-3H3,(H,22,28)(H,23,25). The molecule has 0 spiro atoms. The van der Waals surface area contributed by atoms with Crippen LogP contribution in [0.4, 0.5) is 5.69 Å². The van der Waals surface area contributed by atoms with Crippen molar-refractivity contribution in [2.75, 3.05) is 32.1 Å². The number of anilines is 1. The van der Waals surface area contributed by atoms with E-state index in [1.807, 2.05) is 18.7 Å². The van der Waals surface area contributed by atoms with Crippen LogP contribution in [0, 0.1) is 0 Å². The van der Waals surface area contributed by atoms with E-state index < -0.39 is 11.9 Å².